The quantitative estimate of drug-likeness (QED) is 0.188. The molecule has 1 fully saturated rings. The summed E-state index contributed by atoms with van der Waals surface area (Å²) < 4.78 is 83.4. The van der Waals surface area contributed by atoms with Crippen LogP contribution in [0.3, 0.4) is 0 Å². The molecule has 1 saturated heterocycles. The van der Waals surface area contributed by atoms with E-state index in [2.05, 4.69) is 20.9 Å². The number of methoxy groups -OCH3 is 1. The van der Waals surface area contributed by atoms with Crippen LogP contribution in [-0.4, -0.2) is 66.7 Å². The molecule has 6 rings (SSSR count). The number of anilines is 1. The average Bonchev–Trinajstić information content (AvgIpc) is 3.10. The Balaban J connectivity index is 1.09. The molecular weight excluding hydrogens is 716 g/mol. The molecule has 2 aliphatic rings. The van der Waals surface area contributed by atoms with Gasteiger partial charge in [0.25, 0.3) is 16.1 Å². The lowest BCUT2D eigenvalue weighted by molar-refractivity contribution is -0.129. The summed E-state index contributed by atoms with van der Waals surface area (Å²) in [5.74, 6) is -3.46. The minimum Gasteiger partial charge on any atom is -0.493 e. The Morgan fingerprint density at radius 3 is 2.41 bits per heavy atom. The van der Waals surface area contributed by atoms with Crippen LogP contribution in [0.1, 0.15) is 23.8 Å². The first-order valence-corrected chi connectivity index (χ1v) is 17.7. The number of carbonyl (C=O) groups is 2. The highest BCUT2D eigenvalue weighted by atomic mass is 32.2. The first-order valence-electron chi connectivity index (χ1n) is 15.3. The number of benzene rings is 3. The summed E-state index contributed by atoms with van der Waals surface area (Å²) >= 11 is 0.979. The number of piperidine rings is 1. The number of ether oxygens (including phenoxy) is 3. The second kappa shape index (κ2) is 15.0. The molecule has 1 atom stereocenters. The number of amides is 3. The van der Waals surface area contributed by atoms with Gasteiger partial charge < -0.3 is 19.5 Å². The van der Waals surface area contributed by atoms with Crippen LogP contribution in [0.5, 0.6) is 23.0 Å². The summed E-state index contributed by atoms with van der Waals surface area (Å²) in [7, 11) is -2.22. The van der Waals surface area contributed by atoms with E-state index >= 15 is 0 Å². The van der Waals surface area contributed by atoms with Gasteiger partial charge in [-0.1, -0.05) is 0 Å². The van der Waals surface area contributed by atoms with Gasteiger partial charge in [-0.15, -0.1) is 11.8 Å². The average molecular weight is 746 g/mol. The smallest absolute Gasteiger partial charge is 0.338 e. The summed E-state index contributed by atoms with van der Waals surface area (Å²) in [5, 5.41) is 17.8. The van der Waals surface area contributed by atoms with E-state index in [1.165, 1.54) is 23.0 Å². The molecule has 3 amide bonds. The fourth-order valence-electron chi connectivity index (χ4n) is 5.42. The van der Waals surface area contributed by atoms with Crippen LogP contribution < -0.4 is 30.1 Å². The first kappa shape index (κ1) is 35.7. The molecule has 1 unspecified atom stereocenters. The lowest BCUT2D eigenvalue weighted by atomic mass is 9.99. The number of hydrogen-bond acceptors (Lipinski definition) is 10. The SMILES string of the molecule is COc1cc2c(Oc3ccc(NC(=O)NN4C(=O)C=CSC4c4cc(F)c(F)c(F)c4)cc3)cnnc2cc1OCC1CCN(S(N)(=O)=O)CC1. The maximum atomic E-state index is 13.9. The molecule has 0 aliphatic carbocycles. The third kappa shape index (κ3) is 8.28. The van der Waals surface area contributed by atoms with Crippen molar-refractivity contribution < 1.29 is 45.4 Å². The Hall–Kier alpha value is -5.11. The van der Waals surface area contributed by atoms with Crippen molar-refractivity contribution in [3.63, 3.8) is 0 Å². The minimum absolute atomic E-state index is 0.0733. The van der Waals surface area contributed by atoms with Crippen molar-refractivity contribution in [2.45, 2.75) is 18.2 Å². The summed E-state index contributed by atoms with van der Waals surface area (Å²) in [6.07, 6.45) is 3.79. The molecule has 0 saturated carbocycles. The van der Waals surface area contributed by atoms with E-state index < -0.39 is 45.0 Å². The van der Waals surface area contributed by atoms with Crippen molar-refractivity contribution in [1.82, 2.24) is 24.9 Å². The van der Waals surface area contributed by atoms with E-state index in [0.29, 0.717) is 72.1 Å². The van der Waals surface area contributed by atoms with Crippen LogP contribution >= 0.6 is 11.8 Å². The molecule has 268 valence electrons. The molecule has 4 aromatic rings. The zero-order chi connectivity index (χ0) is 36.3. The highest BCUT2D eigenvalue weighted by Crippen LogP contribution is 2.38. The topological polar surface area (TPSA) is 178 Å². The van der Waals surface area contributed by atoms with Gasteiger partial charge in [0.1, 0.15) is 16.6 Å². The number of fused-ring (bicyclic) bond motifs is 1. The fourth-order valence-corrected chi connectivity index (χ4v) is 7.06. The number of hydrazine groups is 1. The summed E-state index contributed by atoms with van der Waals surface area (Å²) in [4.78, 5) is 25.4. The Kier molecular flexibility index (Phi) is 10.5. The Bertz CT molecular complexity index is 2080. The summed E-state index contributed by atoms with van der Waals surface area (Å²) in [6, 6.07) is 10.3. The Morgan fingerprint density at radius 2 is 1.75 bits per heavy atom. The zero-order valence-electron chi connectivity index (χ0n) is 26.7. The molecule has 19 heteroatoms. The normalized spacial score (nSPS) is 17.0. The van der Waals surface area contributed by atoms with Crippen LogP contribution in [0, 0.1) is 23.4 Å². The number of halogens is 3. The van der Waals surface area contributed by atoms with E-state index in [4.69, 9.17) is 19.3 Å². The van der Waals surface area contributed by atoms with E-state index in [1.54, 1.807) is 36.4 Å². The molecule has 0 radical (unpaired) electrons. The maximum Gasteiger partial charge on any atom is 0.338 e. The third-order valence-electron chi connectivity index (χ3n) is 8.04. The number of carbonyl (C=O) groups excluding carboxylic acids is 2. The second-order valence-electron chi connectivity index (χ2n) is 11.4. The Morgan fingerprint density at radius 1 is 1.04 bits per heavy atom. The maximum absolute atomic E-state index is 13.9. The van der Waals surface area contributed by atoms with Crippen LogP contribution in [0.4, 0.5) is 23.7 Å². The van der Waals surface area contributed by atoms with Gasteiger partial charge in [0.2, 0.25) is 0 Å². The number of rotatable bonds is 10. The van der Waals surface area contributed by atoms with Crippen LogP contribution in [0.2, 0.25) is 0 Å². The van der Waals surface area contributed by atoms with E-state index in [9.17, 15) is 31.2 Å². The fraction of sp³-hybridized carbons (Fsp3) is 0.250. The number of aromatic nitrogens is 2. The van der Waals surface area contributed by atoms with Gasteiger partial charge >= 0.3 is 6.03 Å². The van der Waals surface area contributed by atoms with Gasteiger partial charge in [-0.25, -0.2) is 33.5 Å². The Labute approximate surface area is 293 Å². The summed E-state index contributed by atoms with van der Waals surface area (Å²) in [5.41, 5.74) is 3.08. The highest BCUT2D eigenvalue weighted by molar-refractivity contribution is 8.02. The molecule has 0 bridgehead atoms. The molecule has 0 spiro atoms. The van der Waals surface area contributed by atoms with Gasteiger partial charge in [0.15, 0.2) is 34.7 Å². The lowest BCUT2D eigenvalue weighted by Crippen LogP contribution is -2.49. The number of thioether (sulfide) groups is 1. The van der Waals surface area contributed by atoms with E-state index in [1.807, 2.05) is 0 Å². The number of nitrogens with one attached hydrogen (secondary N) is 2. The van der Waals surface area contributed by atoms with Gasteiger partial charge in [-0.2, -0.15) is 22.9 Å². The van der Waals surface area contributed by atoms with Crippen LogP contribution in [-0.2, 0) is 15.0 Å². The number of nitrogens with two attached hydrogens (primary N) is 1. The first-order chi connectivity index (χ1) is 24.4. The van der Waals surface area contributed by atoms with E-state index in [-0.39, 0.29) is 11.5 Å². The molecule has 3 heterocycles. The predicted octanol–water partition coefficient (Wildman–Crippen LogP) is 4.97. The van der Waals surface area contributed by atoms with Crippen molar-refractivity contribution in [1.29, 1.82) is 0 Å². The zero-order valence-corrected chi connectivity index (χ0v) is 28.3. The highest BCUT2D eigenvalue weighted by Gasteiger charge is 2.31. The van der Waals surface area contributed by atoms with Crippen molar-refractivity contribution in [2.75, 3.05) is 32.1 Å². The molecule has 51 heavy (non-hydrogen) atoms. The van der Waals surface area contributed by atoms with Crippen molar-refractivity contribution in [3.8, 4) is 23.0 Å². The van der Waals surface area contributed by atoms with Gasteiger partial charge in [0.05, 0.1) is 25.3 Å². The van der Waals surface area contributed by atoms with Crippen molar-refractivity contribution >= 4 is 50.5 Å². The van der Waals surface area contributed by atoms with Crippen molar-refractivity contribution in [2.24, 2.45) is 11.1 Å². The number of hydrogen-bond donors (Lipinski definition) is 3. The largest absolute Gasteiger partial charge is 0.493 e. The van der Waals surface area contributed by atoms with E-state index in [0.717, 1.165) is 35.0 Å². The molecule has 14 nitrogen and oxygen atoms in total. The van der Waals surface area contributed by atoms with Crippen LogP contribution in [0.15, 0.2) is 66.2 Å². The lowest BCUT2D eigenvalue weighted by Gasteiger charge is -2.32. The molecule has 2 aliphatic heterocycles. The predicted molar refractivity (Wildman–Crippen MR) is 180 cm³/mol. The summed E-state index contributed by atoms with van der Waals surface area (Å²) in [6.45, 7) is 0.975. The second-order valence-corrected chi connectivity index (χ2v) is 14.0. The van der Waals surface area contributed by atoms with Gasteiger partial charge in [0, 0.05) is 30.9 Å². The number of nitrogens with zero attached hydrogens (tertiary/aromatic N) is 4. The van der Waals surface area contributed by atoms with Gasteiger partial charge in [-0.3, -0.25) is 4.79 Å². The third-order valence-corrected chi connectivity index (χ3v) is 10.2. The van der Waals surface area contributed by atoms with Gasteiger partial charge in [-0.05, 0) is 72.2 Å². The molecule has 3 aromatic carbocycles. The monoisotopic (exact) mass is 745 g/mol. The molecule has 4 N–H and O–H groups in total. The number of urea groups is 1. The molecular formula is C32H30F3N7O7S2. The minimum atomic E-state index is -3.72. The molecule has 1 aromatic heterocycles. The standard InChI is InChI=1S/C32H30F3N7O7S2/c1-47-26-14-22-25(15-27(26)48-17-18-6-9-41(10-7-18)51(36,45)46)39-37-16-28(22)49-21-4-2-20(3-5-21)38-32(44)40-42-29(43)8-11-50-31(42)19-12-23(33)30(35)24(34)13-19/h2-5,8,11-16,18,31H,6-7,9-10,17H2,1H3,(H2,36,45,46)(H2,38,40,44). The van der Waals surface area contributed by atoms with Crippen molar-refractivity contribution in [3.05, 3.63) is 89.2 Å². The van der Waals surface area contributed by atoms with Crippen LogP contribution in [0.25, 0.3) is 10.9 Å².